The van der Waals surface area contributed by atoms with E-state index in [1.807, 2.05) is 26.0 Å². The molecule has 0 aromatic heterocycles. The number of aryl methyl sites for hydroxylation is 1. The van der Waals surface area contributed by atoms with Crippen molar-refractivity contribution in [1.29, 1.82) is 0 Å². The third-order valence-corrected chi connectivity index (χ3v) is 3.55. The highest BCUT2D eigenvalue weighted by Gasteiger charge is 2.05. The molecular weight excluding hydrogens is 332 g/mol. The summed E-state index contributed by atoms with van der Waals surface area (Å²) in [4.78, 5) is 23.7. The van der Waals surface area contributed by atoms with Gasteiger partial charge in [-0.25, -0.2) is 0 Å². The molecule has 26 heavy (non-hydrogen) atoms. The van der Waals surface area contributed by atoms with Crippen molar-refractivity contribution in [1.82, 2.24) is 10.6 Å². The molecule has 0 atom stereocenters. The van der Waals surface area contributed by atoms with E-state index >= 15 is 0 Å². The van der Waals surface area contributed by atoms with Gasteiger partial charge in [0.15, 0.2) is 6.61 Å². The Morgan fingerprint density at radius 3 is 2.04 bits per heavy atom. The van der Waals surface area contributed by atoms with Gasteiger partial charge in [0.2, 0.25) is 0 Å². The molecule has 0 aliphatic rings. The minimum atomic E-state index is -0.247. The molecule has 0 saturated carbocycles. The van der Waals surface area contributed by atoms with Gasteiger partial charge in [-0.3, -0.25) is 9.59 Å². The third-order valence-electron chi connectivity index (χ3n) is 3.55. The monoisotopic (exact) mass is 356 g/mol. The fraction of sp³-hybridized carbons (Fsp3) is 0.300. The van der Waals surface area contributed by atoms with Crippen molar-refractivity contribution < 1.29 is 19.1 Å². The van der Waals surface area contributed by atoms with Crippen molar-refractivity contribution in [2.45, 2.75) is 13.8 Å². The Bertz CT molecular complexity index is 712. The first-order valence-corrected chi connectivity index (χ1v) is 8.55. The van der Waals surface area contributed by atoms with Crippen molar-refractivity contribution >= 4 is 11.8 Å². The van der Waals surface area contributed by atoms with Crippen LogP contribution >= 0.6 is 0 Å². The fourth-order valence-electron chi connectivity index (χ4n) is 2.18. The molecule has 0 bridgehead atoms. The van der Waals surface area contributed by atoms with Crippen LogP contribution in [0.1, 0.15) is 22.8 Å². The lowest BCUT2D eigenvalue weighted by Crippen LogP contribution is -2.36. The SMILES string of the molecule is CCOc1ccc(OCC(=O)NCCNC(=O)c2ccc(C)cc2)cc1. The van der Waals surface area contributed by atoms with E-state index in [0.29, 0.717) is 31.0 Å². The van der Waals surface area contributed by atoms with Crippen molar-refractivity contribution in [3.8, 4) is 11.5 Å². The molecule has 138 valence electrons. The predicted octanol–water partition coefficient (Wildman–Crippen LogP) is 2.32. The summed E-state index contributed by atoms with van der Waals surface area (Å²) in [5.74, 6) is 0.943. The molecule has 6 nitrogen and oxygen atoms in total. The van der Waals surface area contributed by atoms with Gasteiger partial charge in [-0.05, 0) is 50.2 Å². The zero-order valence-electron chi connectivity index (χ0n) is 15.1. The van der Waals surface area contributed by atoms with Crippen LogP contribution in [0.15, 0.2) is 48.5 Å². The maximum atomic E-state index is 11.9. The summed E-state index contributed by atoms with van der Waals surface area (Å²) < 4.78 is 10.7. The third kappa shape index (κ3) is 6.47. The van der Waals surface area contributed by atoms with Gasteiger partial charge in [0.05, 0.1) is 6.61 Å². The van der Waals surface area contributed by atoms with Crippen molar-refractivity contribution in [3.05, 3.63) is 59.7 Å². The minimum absolute atomic E-state index is 0.0834. The molecule has 2 amide bonds. The first-order chi connectivity index (χ1) is 12.6. The van der Waals surface area contributed by atoms with Crippen molar-refractivity contribution in [2.24, 2.45) is 0 Å². The molecule has 0 aliphatic heterocycles. The summed E-state index contributed by atoms with van der Waals surface area (Å²) in [6, 6.07) is 14.4. The number of hydrogen-bond donors (Lipinski definition) is 2. The number of nitrogens with one attached hydrogen (secondary N) is 2. The molecule has 0 saturated heterocycles. The van der Waals surface area contributed by atoms with Crippen LogP contribution in [0.25, 0.3) is 0 Å². The molecule has 2 rings (SSSR count). The van der Waals surface area contributed by atoms with Crippen LogP contribution in [0.2, 0.25) is 0 Å². The molecule has 0 heterocycles. The minimum Gasteiger partial charge on any atom is -0.494 e. The summed E-state index contributed by atoms with van der Waals surface area (Å²) in [7, 11) is 0. The first kappa shape index (κ1) is 19.3. The van der Waals surface area contributed by atoms with Gasteiger partial charge in [0, 0.05) is 18.7 Å². The predicted molar refractivity (Wildman–Crippen MR) is 99.6 cm³/mol. The van der Waals surface area contributed by atoms with Crippen LogP contribution in [0.5, 0.6) is 11.5 Å². The van der Waals surface area contributed by atoms with Crippen molar-refractivity contribution in [2.75, 3.05) is 26.3 Å². The molecule has 0 aliphatic carbocycles. The Morgan fingerprint density at radius 1 is 0.846 bits per heavy atom. The Hall–Kier alpha value is -3.02. The second kappa shape index (κ2) is 10.1. The summed E-state index contributed by atoms with van der Waals surface area (Å²) in [5.41, 5.74) is 1.70. The normalized spacial score (nSPS) is 10.1. The van der Waals surface area contributed by atoms with Crippen LogP contribution in [0.4, 0.5) is 0 Å². The van der Waals surface area contributed by atoms with E-state index < -0.39 is 0 Å². The van der Waals surface area contributed by atoms with Crippen molar-refractivity contribution in [3.63, 3.8) is 0 Å². The van der Waals surface area contributed by atoms with E-state index in [1.165, 1.54) is 0 Å². The molecule has 0 spiro atoms. The highest BCUT2D eigenvalue weighted by Crippen LogP contribution is 2.17. The van der Waals surface area contributed by atoms with E-state index in [2.05, 4.69) is 10.6 Å². The second-order valence-electron chi connectivity index (χ2n) is 5.66. The molecule has 2 aromatic carbocycles. The molecule has 0 fully saturated rings. The van der Waals surface area contributed by atoms with E-state index in [4.69, 9.17) is 9.47 Å². The Kier molecular flexibility index (Phi) is 7.49. The first-order valence-electron chi connectivity index (χ1n) is 8.55. The van der Waals surface area contributed by atoms with Gasteiger partial charge in [-0.2, -0.15) is 0 Å². The average Bonchev–Trinajstić information content (AvgIpc) is 2.65. The number of rotatable bonds is 9. The van der Waals surface area contributed by atoms with Gasteiger partial charge in [0.25, 0.3) is 11.8 Å². The second-order valence-corrected chi connectivity index (χ2v) is 5.66. The number of amides is 2. The largest absolute Gasteiger partial charge is 0.494 e. The van der Waals surface area contributed by atoms with Gasteiger partial charge in [0.1, 0.15) is 11.5 Å². The molecule has 2 aromatic rings. The average molecular weight is 356 g/mol. The fourth-order valence-corrected chi connectivity index (χ4v) is 2.18. The summed E-state index contributed by atoms with van der Waals surface area (Å²) in [5, 5.41) is 5.45. The number of benzene rings is 2. The van der Waals surface area contributed by atoms with E-state index in [0.717, 1.165) is 11.3 Å². The lowest BCUT2D eigenvalue weighted by Gasteiger charge is -2.09. The zero-order chi connectivity index (χ0) is 18.8. The standard InChI is InChI=1S/C20H24N2O4/c1-3-25-17-8-10-18(11-9-17)26-14-19(23)21-12-13-22-20(24)16-6-4-15(2)5-7-16/h4-11H,3,12-14H2,1-2H3,(H,21,23)(H,22,24). The number of ether oxygens (including phenoxy) is 2. The van der Waals surface area contributed by atoms with Gasteiger partial charge in [-0.1, -0.05) is 17.7 Å². The number of carbonyl (C=O) groups excluding carboxylic acids is 2. The number of carbonyl (C=O) groups is 2. The van der Waals surface area contributed by atoms with E-state index in [1.54, 1.807) is 36.4 Å². The van der Waals surface area contributed by atoms with E-state index in [-0.39, 0.29) is 18.4 Å². The zero-order valence-corrected chi connectivity index (χ0v) is 15.1. The maximum absolute atomic E-state index is 11.9. The summed E-state index contributed by atoms with van der Waals surface area (Å²) >= 11 is 0. The molecule has 2 N–H and O–H groups in total. The van der Waals surface area contributed by atoms with Crippen LogP contribution in [0, 0.1) is 6.92 Å². The van der Waals surface area contributed by atoms with Crippen LogP contribution in [-0.2, 0) is 4.79 Å². The van der Waals surface area contributed by atoms with Crippen LogP contribution < -0.4 is 20.1 Å². The Balaban J connectivity index is 1.62. The quantitative estimate of drug-likeness (QED) is 0.676. The number of hydrogen-bond acceptors (Lipinski definition) is 4. The van der Waals surface area contributed by atoms with Gasteiger partial charge < -0.3 is 20.1 Å². The highest BCUT2D eigenvalue weighted by atomic mass is 16.5. The van der Waals surface area contributed by atoms with Gasteiger partial charge in [-0.15, -0.1) is 0 Å². The molecule has 0 unspecified atom stereocenters. The van der Waals surface area contributed by atoms with Crippen LogP contribution in [-0.4, -0.2) is 38.1 Å². The lowest BCUT2D eigenvalue weighted by atomic mass is 10.1. The summed E-state index contributed by atoms with van der Waals surface area (Å²) in [6.45, 7) is 5.08. The van der Waals surface area contributed by atoms with E-state index in [9.17, 15) is 9.59 Å². The lowest BCUT2D eigenvalue weighted by molar-refractivity contribution is -0.123. The highest BCUT2D eigenvalue weighted by molar-refractivity contribution is 5.94. The Morgan fingerprint density at radius 2 is 1.42 bits per heavy atom. The summed E-state index contributed by atoms with van der Waals surface area (Å²) in [6.07, 6.45) is 0. The smallest absolute Gasteiger partial charge is 0.258 e. The topological polar surface area (TPSA) is 76.7 Å². The van der Waals surface area contributed by atoms with Gasteiger partial charge >= 0.3 is 0 Å². The molecule has 0 radical (unpaired) electrons. The Labute approximate surface area is 153 Å². The molecular formula is C20H24N2O4. The van der Waals surface area contributed by atoms with Crippen LogP contribution in [0.3, 0.4) is 0 Å². The molecule has 6 heteroatoms. The maximum Gasteiger partial charge on any atom is 0.258 e.